The van der Waals surface area contributed by atoms with Gasteiger partial charge in [-0.25, -0.2) is 9.48 Å². The molecule has 0 atom stereocenters. The van der Waals surface area contributed by atoms with Crippen LogP contribution >= 0.6 is 11.6 Å². The van der Waals surface area contributed by atoms with Gasteiger partial charge in [-0.2, -0.15) is 5.10 Å². The van der Waals surface area contributed by atoms with Gasteiger partial charge in [0.25, 0.3) is 11.8 Å². The first-order valence-electron chi connectivity index (χ1n) is 13.2. The van der Waals surface area contributed by atoms with Crippen LogP contribution in [0.3, 0.4) is 0 Å². The Kier molecular flexibility index (Phi) is 9.19. The first-order valence-corrected chi connectivity index (χ1v) is 13.6. The largest absolute Gasteiger partial charge is 0.494 e. The molecular weight excluding hydrogens is 516 g/mol. The molecule has 1 aliphatic heterocycles. The average Bonchev–Trinajstić information content (AvgIpc) is 3.37. The van der Waals surface area contributed by atoms with Crippen LogP contribution in [-0.4, -0.2) is 58.1 Å². The molecule has 0 spiro atoms. The van der Waals surface area contributed by atoms with E-state index < -0.39 is 17.8 Å². The summed E-state index contributed by atoms with van der Waals surface area (Å²) in [7, 11) is 2.70. The normalized spacial score (nSPS) is 13.8. The highest BCUT2D eigenvalue weighted by atomic mass is 35.5. The van der Waals surface area contributed by atoms with E-state index in [1.165, 1.54) is 45.9 Å². The minimum Gasteiger partial charge on any atom is -0.494 e. The zero-order valence-electron chi connectivity index (χ0n) is 22.5. The van der Waals surface area contributed by atoms with Crippen LogP contribution < -0.4 is 4.74 Å². The van der Waals surface area contributed by atoms with E-state index in [-0.39, 0.29) is 5.57 Å². The van der Waals surface area contributed by atoms with Gasteiger partial charge in [0.15, 0.2) is 0 Å². The van der Waals surface area contributed by atoms with Gasteiger partial charge in [0.05, 0.1) is 18.0 Å². The quantitative estimate of drug-likeness (QED) is 0.158. The number of likely N-dealkylation sites (N-methyl/N-ethyl adjacent to an activating group) is 2. The topological polar surface area (TPSA) is 84.7 Å². The van der Waals surface area contributed by atoms with Crippen LogP contribution in [0.25, 0.3) is 23.0 Å². The van der Waals surface area contributed by atoms with Crippen molar-refractivity contribution in [2.45, 2.75) is 45.4 Å². The number of barbiturate groups is 1. The molecule has 1 aromatic heterocycles. The SMILES string of the molecule is CCCCCCCCOc1ccc(-c2nn(-c3ccc(Cl)cc3)cc2C=C2C(=O)N(C)C(=O)N(C)C2=O)cc1. The van der Waals surface area contributed by atoms with Gasteiger partial charge in [-0.05, 0) is 61.0 Å². The zero-order valence-corrected chi connectivity index (χ0v) is 23.3. The molecule has 1 fully saturated rings. The molecule has 0 N–H and O–H groups in total. The number of urea groups is 1. The lowest BCUT2D eigenvalue weighted by atomic mass is 10.0. The fraction of sp³-hybridized carbons (Fsp3) is 0.333. The van der Waals surface area contributed by atoms with Crippen LogP contribution in [0.1, 0.15) is 51.0 Å². The van der Waals surface area contributed by atoms with Crippen LogP contribution in [-0.2, 0) is 9.59 Å². The minimum atomic E-state index is -0.671. The summed E-state index contributed by atoms with van der Waals surface area (Å²) >= 11 is 6.06. The first-order chi connectivity index (χ1) is 18.8. The molecule has 1 aliphatic rings. The molecule has 0 aliphatic carbocycles. The Morgan fingerprint density at radius 3 is 2.10 bits per heavy atom. The van der Waals surface area contributed by atoms with Crippen molar-refractivity contribution in [2.24, 2.45) is 0 Å². The van der Waals surface area contributed by atoms with Crippen molar-refractivity contribution in [2.75, 3.05) is 20.7 Å². The Labute approximate surface area is 233 Å². The fourth-order valence-electron chi connectivity index (χ4n) is 4.36. The molecule has 4 rings (SSSR count). The number of imide groups is 2. The Morgan fingerprint density at radius 1 is 0.846 bits per heavy atom. The molecule has 9 heteroatoms. The van der Waals surface area contributed by atoms with E-state index in [1.807, 2.05) is 36.4 Å². The van der Waals surface area contributed by atoms with Gasteiger partial charge in [-0.15, -0.1) is 0 Å². The third-order valence-corrected chi connectivity index (χ3v) is 6.92. The van der Waals surface area contributed by atoms with Gasteiger partial charge >= 0.3 is 6.03 Å². The van der Waals surface area contributed by atoms with Gasteiger partial charge in [-0.1, -0.05) is 50.6 Å². The van der Waals surface area contributed by atoms with Gasteiger partial charge in [0.1, 0.15) is 11.3 Å². The first kappa shape index (κ1) is 28.1. The maximum atomic E-state index is 12.8. The highest BCUT2D eigenvalue weighted by molar-refractivity contribution is 6.31. The molecule has 0 saturated carbocycles. The summed E-state index contributed by atoms with van der Waals surface area (Å²) in [4.78, 5) is 39.7. The smallest absolute Gasteiger partial charge is 0.333 e. The van der Waals surface area contributed by atoms with E-state index in [9.17, 15) is 14.4 Å². The van der Waals surface area contributed by atoms with Gasteiger partial charge in [0.2, 0.25) is 0 Å². The van der Waals surface area contributed by atoms with E-state index in [4.69, 9.17) is 21.4 Å². The number of carbonyl (C=O) groups is 3. The third kappa shape index (κ3) is 6.57. The van der Waals surface area contributed by atoms with Crippen molar-refractivity contribution in [1.82, 2.24) is 19.6 Å². The number of nitrogens with zero attached hydrogens (tertiary/aromatic N) is 4. The number of ether oxygens (including phenoxy) is 1. The molecule has 0 radical (unpaired) electrons. The number of hydrogen-bond acceptors (Lipinski definition) is 5. The molecule has 39 heavy (non-hydrogen) atoms. The van der Waals surface area contributed by atoms with Crippen LogP contribution in [0.15, 0.2) is 60.3 Å². The monoisotopic (exact) mass is 548 g/mol. The lowest BCUT2D eigenvalue weighted by Gasteiger charge is -2.28. The lowest BCUT2D eigenvalue weighted by molar-refractivity contribution is -0.134. The van der Waals surface area contributed by atoms with Crippen molar-refractivity contribution in [3.63, 3.8) is 0 Å². The van der Waals surface area contributed by atoms with Crippen LogP contribution in [0, 0.1) is 0 Å². The van der Waals surface area contributed by atoms with Gasteiger partial charge < -0.3 is 4.74 Å². The summed E-state index contributed by atoms with van der Waals surface area (Å²) in [5.74, 6) is -0.554. The van der Waals surface area contributed by atoms with Gasteiger partial charge in [-0.3, -0.25) is 19.4 Å². The summed E-state index contributed by atoms with van der Waals surface area (Å²) in [5.41, 5.74) is 2.56. The second-order valence-corrected chi connectivity index (χ2v) is 10.0. The molecule has 2 aromatic carbocycles. The fourth-order valence-corrected chi connectivity index (χ4v) is 4.48. The summed E-state index contributed by atoms with van der Waals surface area (Å²) in [6.07, 6.45) is 10.4. The molecule has 0 bridgehead atoms. The summed E-state index contributed by atoms with van der Waals surface area (Å²) in [6, 6.07) is 14.1. The standard InChI is InChI=1S/C30H33ClN4O4/c1-4-5-6-7-8-9-18-39-25-16-10-21(11-17-25)27-22(20-35(32-27)24-14-12-23(31)13-15-24)19-26-28(36)33(2)30(38)34(3)29(26)37/h10-17,19-20H,4-9,18H2,1-3H3. The number of amides is 4. The van der Waals surface area contributed by atoms with Crippen molar-refractivity contribution < 1.29 is 19.1 Å². The number of hydrogen-bond donors (Lipinski definition) is 0. The molecule has 4 amide bonds. The van der Waals surface area contributed by atoms with Crippen molar-refractivity contribution >= 4 is 35.5 Å². The molecule has 1 saturated heterocycles. The van der Waals surface area contributed by atoms with Crippen molar-refractivity contribution in [1.29, 1.82) is 0 Å². The number of benzene rings is 2. The van der Waals surface area contributed by atoms with Crippen LogP contribution in [0.4, 0.5) is 4.79 Å². The highest BCUT2D eigenvalue weighted by Gasteiger charge is 2.38. The molecule has 0 unspecified atom stereocenters. The lowest BCUT2D eigenvalue weighted by Crippen LogP contribution is -2.52. The minimum absolute atomic E-state index is 0.115. The maximum absolute atomic E-state index is 12.8. The molecule has 3 aromatic rings. The Bertz CT molecular complexity index is 1340. The third-order valence-electron chi connectivity index (χ3n) is 6.67. The van der Waals surface area contributed by atoms with Crippen LogP contribution in [0.2, 0.25) is 5.02 Å². The number of halogens is 1. The number of unbranched alkanes of at least 4 members (excludes halogenated alkanes) is 5. The Hall–Kier alpha value is -3.91. The number of carbonyl (C=O) groups excluding carboxylic acids is 3. The summed E-state index contributed by atoms with van der Waals surface area (Å²) in [6.45, 7) is 2.88. The number of aromatic nitrogens is 2. The highest BCUT2D eigenvalue weighted by Crippen LogP contribution is 2.29. The molecule has 8 nitrogen and oxygen atoms in total. The van der Waals surface area contributed by atoms with E-state index in [0.717, 1.165) is 39.6 Å². The van der Waals surface area contributed by atoms with Gasteiger partial charge in [0, 0.05) is 36.4 Å². The van der Waals surface area contributed by atoms with E-state index in [0.29, 0.717) is 22.9 Å². The Balaban J connectivity index is 1.61. The number of rotatable bonds is 11. The molecule has 2 heterocycles. The Morgan fingerprint density at radius 2 is 1.46 bits per heavy atom. The van der Waals surface area contributed by atoms with Crippen molar-refractivity contribution in [3.8, 4) is 22.7 Å². The van der Waals surface area contributed by atoms with E-state index in [2.05, 4.69) is 6.92 Å². The second-order valence-electron chi connectivity index (χ2n) is 9.56. The predicted octanol–water partition coefficient (Wildman–Crippen LogP) is 6.37. The van der Waals surface area contributed by atoms with Crippen molar-refractivity contribution in [3.05, 3.63) is 70.9 Å². The predicted molar refractivity (Wildman–Crippen MR) is 152 cm³/mol. The summed E-state index contributed by atoms with van der Waals surface area (Å²) < 4.78 is 7.58. The second kappa shape index (κ2) is 12.8. The zero-order chi connectivity index (χ0) is 27.9. The molecular formula is C30H33ClN4O4. The van der Waals surface area contributed by atoms with Crippen LogP contribution in [0.5, 0.6) is 5.75 Å². The van der Waals surface area contributed by atoms with E-state index in [1.54, 1.807) is 23.0 Å². The average molecular weight is 549 g/mol. The summed E-state index contributed by atoms with van der Waals surface area (Å²) in [5, 5.41) is 5.36. The maximum Gasteiger partial charge on any atom is 0.333 e. The molecule has 204 valence electrons. The van der Waals surface area contributed by atoms with E-state index >= 15 is 0 Å².